The lowest BCUT2D eigenvalue weighted by Crippen LogP contribution is -2.33. The minimum absolute atomic E-state index is 0.0922. The Hall–Kier alpha value is -4.30. The number of rotatable bonds is 5. The van der Waals surface area contributed by atoms with Crippen LogP contribution in [0.2, 0.25) is 0 Å². The van der Waals surface area contributed by atoms with Gasteiger partial charge in [0, 0.05) is 36.7 Å². The molecule has 0 bridgehead atoms. The molecule has 216 valence electrons. The number of aromatic nitrogens is 5. The molecule has 4 aromatic rings. The Morgan fingerprint density at radius 1 is 1.00 bits per heavy atom. The molecule has 0 saturated heterocycles. The van der Waals surface area contributed by atoms with E-state index in [1.807, 2.05) is 0 Å². The van der Waals surface area contributed by atoms with Crippen molar-refractivity contribution in [3.63, 3.8) is 0 Å². The van der Waals surface area contributed by atoms with Gasteiger partial charge < -0.3 is 9.88 Å². The van der Waals surface area contributed by atoms with Gasteiger partial charge in [-0.3, -0.25) is 9.59 Å². The summed E-state index contributed by atoms with van der Waals surface area (Å²) in [5.41, 5.74) is -4.74. The largest absolute Gasteiger partial charge is 0.423 e. The first-order chi connectivity index (χ1) is 19.3. The lowest BCUT2D eigenvalue weighted by Gasteiger charge is -2.31. The molecule has 8 nitrogen and oxygen atoms in total. The van der Waals surface area contributed by atoms with Crippen LogP contribution >= 0.6 is 0 Å². The lowest BCUT2D eigenvalue weighted by molar-refractivity contribution is -0.139. The first-order valence-corrected chi connectivity index (χ1v) is 12.4. The van der Waals surface area contributed by atoms with Crippen molar-refractivity contribution in [2.75, 3.05) is 5.32 Å². The summed E-state index contributed by atoms with van der Waals surface area (Å²) in [7, 11) is 0. The molecule has 1 aliphatic carbocycles. The molecule has 0 amide bonds. The average Bonchev–Trinajstić information content (AvgIpc) is 2.89. The van der Waals surface area contributed by atoms with E-state index < -0.39 is 52.1 Å². The number of benzene rings is 1. The van der Waals surface area contributed by atoms with Crippen molar-refractivity contribution in [2.45, 2.75) is 50.6 Å². The van der Waals surface area contributed by atoms with Crippen LogP contribution in [-0.2, 0) is 18.9 Å². The van der Waals surface area contributed by atoms with Gasteiger partial charge >= 0.3 is 12.4 Å². The number of fused-ring (bicyclic) bond motifs is 1. The van der Waals surface area contributed by atoms with Crippen LogP contribution in [0.5, 0.6) is 0 Å². The van der Waals surface area contributed by atoms with Crippen molar-refractivity contribution in [1.82, 2.24) is 24.7 Å². The van der Waals surface area contributed by atoms with Crippen LogP contribution in [0.15, 0.2) is 52.6 Å². The van der Waals surface area contributed by atoms with E-state index in [-0.39, 0.29) is 34.6 Å². The van der Waals surface area contributed by atoms with E-state index in [2.05, 4.69) is 20.4 Å². The predicted octanol–water partition coefficient (Wildman–Crippen LogP) is 5.39. The maximum atomic E-state index is 15.1. The van der Waals surface area contributed by atoms with Crippen LogP contribution in [0.3, 0.4) is 0 Å². The van der Waals surface area contributed by atoms with E-state index in [0.717, 1.165) is 12.3 Å². The van der Waals surface area contributed by atoms with Gasteiger partial charge in [0.2, 0.25) is 0 Å². The SMILES string of the molecule is O=c1[nH]ncc(N[C@H]2CCC[C@@H](Cn3ccc4cc(-c5ncc(C(F)(F)F)cn5)cc(F)c4c3=O)C2)c1C(F)(F)F. The second-order valence-corrected chi connectivity index (χ2v) is 9.85. The van der Waals surface area contributed by atoms with Crippen molar-refractivity contribution in [3.8, 4) is 11.4 Å². The van der Waals surface area contributed by atoms with Crippen LogP contribution < -0.4 is 16.4 Å². The second-order valence-electron chi connectivity index (χ2n) is 9.85. The summed E-state index contributed by atoms with van der Waals surface area (Å²) in [4.78, 5) is 32.3. The Bertz CT molecular complexity index is 1700. The Morgan fingerprint density at radius 3 is 2.41 bits per heavy atom. The van der Waals surface area contributed by atoms with Crippen molar-refractivity contribution < 1.29 is 30.7 Å². The van der Waals surface area contributed by atoms with Gasteiger partial charge in [0.15, 0.2) is 5.82 Å². The molecule has 15 heteroatoms. The lowest BCUT2D eigenvalue weighted by atomic mass is 9.85. The highest BCUT2D eigenvalue weighted by Crippen LogP contribution is 2.34. The smallest absolute Gasteiger partial charge is 0.380 e. The molecule has 41 heavy (non-hydrogen) atoms. The van der Waals surface area contributed by atoms with Gasteiger partial charge in [0.05, 0.1) is 22.8 Å². The minimum Gasteiger partial charge on any atom is -0.380 e. The quantitative estimate of drug-likeness (QED) is 0.306. The molecule has 0 radical (unpaired) electrons. The zero-order valence-electron chi connectivity index (χ0n) is 21.0. The number of hydrogen-bond donors (Lipinski definition) is 2. The molecule has 2 N–H and O–H groups in total. The molecule has 5 rings (SSSR count). The number of hydrogen-bond acceptors (Lipinski definition) is 6. The molecular formula is C26H21F7N6O2. The summed E-state index contributed by atoms with van der Waals surface area (Å²) in [5.74, 6) is -1.18. The summed E-state index contributed by atoms with van der Waals surface area (Å²) in [6.45, 7) is 0.176. The standard InChI is InChI=1S/C26H21F7N6O2/c27-18-8-15(22-34-9-16(10-35-22)25(28,29)30)7-14-4-5-39(24(41)20(14)18)12-13-2-1-3-17(6-13)37-19-11-36-38-23(40)21(19)26(31,32)33/h4-5,7-11,13,17H,1-3,6,12H2,(H2,37,38,40)/t13-,17+/m1/s1. The Labute approximate surface area is 226 Å². The molecule has 1 fully saturated rings. The molecule has 2 atom stereocenters. The highest BCUT2D eigenvalue weighted by atomic mass is 19.4. The summed E-state index contributed by atoms with van der Waals surface area (Å²) in [6.07, 6.45) is -3.71. The van der Waals surface area contributed by atoms with Gasteiger partial charge in [-0.1, -0.05) is 6.42 Å². The van der Waals surface area contributed by atoms with Crippen LogP contribution in [0.25, 0.3) is 22.2 Å². The third kappa shape index (κ3) is 5.93. The van der Waals surface area contributed by atoms with E-state index in [1.54, 1.807) is 5.10 Å². The zero-order valence-corrected chi connectivity index (χ0v) is 21.0. The number of pyridine rings is 1. The van der Waals surface area contributed by atoms with Gasteiger partial charge in [-0.2, -0.15) is 31.4 Å². The first-order valence-electron chi connectivity index (χ1n) is 12.4. The molecule has 0 aliphatic heterocycles. The predicted molar refractivity (Wildman–Crippen MR) is 133 cm³/mol. The van der Waals surface area contributed by atoms with E-state index in [1.165, 1.54) is 22.9 Å². The Balaban J connectivity index is 1.35. The zero-order chi connectivity index (χ0) is 29.5. The number of nitrogens with zero attached hydrogens (tertiary/aromatic N) is 4. The number of nitrogens with one attached hydrogen (secondary N) is 2. The van der Waals surface area contributed by atoms with Crippen LogP contribution in [0, 0.1) is 11.7 Å². The normalized spacial score (nSPS) is 18.0. The monoisotopic (exact) mass is 582 g/mol. The number of halogens is 7. The molecule has 3 aromatic heterocycles. The first kappa shape index (κ1) is 28.2. The fraction of sp³-hybridized carbons (Fsp3) is 0.346. The molecule has 0 unspecified atom stereocenters. The maximum Gasteiger partial charge on any atom is 0.423 e. The Kier molecular flexibility index (Phi) is 7.30. The van der Waals surface area contributed by atoms with E-state index in [0.29, 0.717) is 38.1 Å². The van der Waals surface area contributed by atoms with Gasteiger partial charge in [0.1, 0.15) is 11.4 Å². The number of H-pyrrole nitrogens is 1. The number of anilines is 1. The third-order valence-electron chi connectivity index (χ3n) is 7.00. The van der Waals surface area contributed by atoms with Crippen LogP contribution in [-0.4, -0.2) is 30.8 Å². The molecule has 1 saturated carbocycles. The van der Waals surface area contributed by atoms with Crippen molar-refractivity contribution in [2.24, 2.45) is 5.92 Å². The summed E-state index contributed by atoms with van der Waals surface area (Å²) in [5, 5.41) is 8.01. The number of aromatic amines is 1. The summed E-state index contributed by atoms with van der Waals surface area (Å²) < 4.78 is 95.1. The average molecular weight is 582 g/mol. The van der Waals surface area contributed by atoms with Crippen LogP contribution in [0.4, 0.5) is 36.4 Å². The summed E-state index contributed by atoms with van der Waals surface area (Å²) in [6, 6.07) is 3.45. The van der Waals surface area contributed by atoms with E-state index >= 15 is 4.39 Å². The molecule has 3 heterocycles. The van der Waals surface area contributed by atoms with Crippen molar-refractivity contribution in [3.05, 3.63) is 80.6 Å². The van der Waals surface area contributed by atoms with Gasteiger partial charge in [-0.25, -0.2) is 19.5 Å². The highest BCUT2D eigenvalue weighted by Gasteiger charge is 2.38. The van der Waals surface area contributed by atoms with Crippen LogP contribution in [0.1, 0.15) is 36.8 Å². The topological polar surface area (TPSA) is 106 Å². The fourth-order valence-corrected chi connectivity index (χ4v) is 5.14. The maximum absolute atomic E-state index is 15.1. The minimum atomic E-state index is -4.88. The van der Waals surface area contributed by atoms with Gasteiger partial charge in [0.25, 0.3) is 11.1 Å². The fourth-order valence-electron chi connectivity index (χ4n) is 5.14. The number of alkyl halides is 6. The van der Waals surface area contributed by atoms with Crippen molar-refractivity contribution >= 4 is 16.5 Å². The molecule has 0 spiro atoms. The van der Waals surface area contributed by atoms with E-state index in [4.69, 9.17) is 0 Å². The van der Waals surface area contributed by atoms with Gasteiger partial charge in [-0.15, -0.1) is 0 Å². The van der Waals surface area contributed by atoms with E-state index in [9.17, 15) is 35.9 Å². The highest BCUT2D eigenvalue weighted by molar-refractivity contribution is 5.86. The van der Waals surface area contributed by atoms with Crippen molar-refractivity contribution in [1.29, 1.82) is 0 Å². The Morgan fingerprint density at radius 2 is 1.73 bits per heavy atom. The second kappa shape index (κ2) is 10.6. The molecule has 1 aromatic carbocycles. The third-order valence-corrected chi connectivity index (χ3v) is 7.00. The molecule has 1 aliphatic rings. The van der Waals surface area contributed by atoms with Gasteiger partial charge in [-0.05, 0) is 48.8 Å². The summed E-state index contributed by atoms with van der Waals surface area (Å²) >= 11 is 0. The molecular weight excluding hydrogens is 561 g/mol.